The molecule has 0 saturated carbocycles. The summed E-state index contributed by atoms with van der Waals surface area (Å²) in [5.74, 6) is -2.58. The van der Waals surface area contributed by atoms with Crippen LogP contribution in [0.15, 0.2) is 36.4 Å². The summed E-state index contributed by atoms with van der Waals surface area (Å²) in [7, 11) is 0. The van der Waals surface area contributed by atoms with Crippen molar-refractivity contribution in [1.29, 1.82) is 0 Å². The zero-order chi connectivity index (χ0) is 13.3. The second-order valence-corrected chi connectivity index (χ2v) is 3.73. The highest BCUT2D eigenvalue weighted by atomic mass is 19.1. The van der Waals surface area contributed by atoms with Crippen LogP contribution in [0.25, 0.3) is 11.1 Å². The van der Waals surface area contributed by atoms with Crippen LogP contribution >= 0.6 is 0 Å². The maximum atomic E-state index is 13.6. The number of nitrogens with two attached hydrogens (primary N) is 1. The Kier molecular flexibility index (Phi) is 2.97. The molecule has 2 rings (SSSR count). The Morgan fingerprint density at radius 2 is 1.78 bits per heavy atom. The number of carboxylic acids is 1. The molecular weight excluding hydrogens is 240 g/mol. The summed E-state index contributed by atoms with van der Waals surface area (Å²) < 4.78 is 26.8. The van der Waals surface area contributed by atoms with Crippen LogP contribution in [0.4, 0.5) is 14.5 Å². The van der Waals surface area contributed by atoms with Gasteiger partial charge in [0.2, 0.25) is 0 Å². The Morgan fingerprint density at radius 1 is 1.06 bits per heavy atom. The Labute approximate surface area is 101 Å². The summed E-state index contributed by atoms with van der Waals surface area (Å²) >= 11 is 0. The zero-order valence-electron chi connectivity index (χ0n) is 9.15. The van der Waals surface area contributed by atoms with Crippen LogP contribution in [0.1, 0.15) is 10.4 Å². The van der Waals surface area contributed by atoms with Gasteiger partial charge in [-0.15, -0.1) is 0 Å². The molecule has 0 unspecified atom stereocenters. The first kappa shape index (κ1) is 12.0. The normalized spacial score (nSPS) is 10.3. The van der Waals surface area contributed by atoms with E-state index >= 15 is 0 Å². The summed E-state index contributed by atoms with van der Waals surface area (Å²) in [6, 6.07) is 6.81. The van der Waals surface area contributed by atoms with Crippen molar-refractivity contribution in [2.75, 3.05) is 5.73 Å². The lowest BCUT2D eigenvalue weighted by atomic mass is 9.98. The number of anilines is 1. The first-order chi connectivity index (χ1) is 8.49. The molecule has 0 fully saturated rings. The summed E-state index contributed by atoms with van der Waals surface area (Å²) in [4.78, 5) is 11.0. The lowest BCUT2D eigenvalue weighted by molar-refractivity contribution is 0.0698. The molecule has 0 spiro atoms. The molecule has 3 nitrogen and oxygen atoms in total. The minimum absolute atomic E-state index is 0.0551. The van der Waals surface area contributed by atoms with Gasteiger partial charge in [0, 0.05) is 16.8 Å². The summed E-state index contributed by atoms with van der Waals surface area (Å²) in [5, 5.41) is 9.02. The Balaban J connectivity index is 2.73. The third-order valence-electron chi connectivity index (χ3n) is 2.49. The summed E-state index contributed by atoms with van der Waals surface area (Å²) in [5.41, 5.74) is 5.62. The van der Waals surface area contributed by atoms with Gasteiger partial charge in [0.25, 0.3) is 0 Å². The third-order valence-corrected chi connectivity index (χ3v) is 2.49. The molecule has 0 heterocycles. The second-order valence-electron chi connectivity index (χ2n) is 3.73. The van der Waals surface area contributed by atoms with Crippen molar-refractivity contribution in [3.05, 3.63) is 53.6 Å². The molecule has 5 heteroatoms. The average molecular weight is 249 g/mol. The average Bonchev–Trinajstić information content (AvgIpc) is 2.31. The van der Waals surface area contributed by atoms with Crippen molar-refractivity contribution in [3.8, 4) is 11.1 Å². The van der Waals surface area contributed by atoms with Gasteiger partial charge in [0.1, 0.15) is 11.6 Å². The third kappa shape index (κ3) is 2.15. The molecule has 0 bridgehead atoms. The number of halogens is 2. The van der Waals surface area contributed by atoms with E-state index in [1.165, 1.54) is 18.2 Å². The van der Waals surface area contributed by atoms with E-state index in [-0.39, 0.29) is 22.4 Å². The minimum atomic E-state index is -1.23. The predicted octanol–water partition coefficient (Wildman–Crippen LogP) is 2.91. The highest BCUT2D eigenvalue weighted by Crippen LogP contribution is 2.29. The summed E-state index contributed by atoms with van der Waals surface area (Å²) in [6.45, 7) is 0. The predicted molar refractivity (Wildman–Crippen MR) is 63.2 cm³/mol. The SMILES string of the molecule is Nc1ccc(C(=O)O)c(-c2cc(F)ccc2F)c1. The van der Waals surface area contributed by atoms with Crippen molar-refractivity contribution in [2.24, 2.45) is 0 Å². The first-order valence-electron chi connectivity index (χ1n) is 5.07. The van der Waals surface area contributed by atoms with Gasteiger partial charge in [-0.1, -0.05) is 0 Å². The van der Waals surface area contributed by atoms with E-state index < -0.39 is 17.6 Å². The maximum Gasteiger partial charge on any atom is 0.336 e. The Hall–Kier alpha value is -2.43. The topological polar surface area (TPSA) is 63.3 Å². The molecule has 0 aromatic heterocycles. The molecule has 2 aromatic rings. The number of rotatable bonds is 2. The van der Waals surface area contributed by atoms with Crippen molar-refractivity contribution >= 4 is 11.7 Å². The molecule has 0 atom stereocenters. The van der Waals surface area contributed by atoms with Crippen molar-refractivity contribution < 1.29 is 18.7 Å². The van der Waals surface area contributed by atoms with Crippen LogP contribution in [0, 0.1) is 11.6 Å². The molecular formula is C13H9F2NO2. The number of carbonyl (C=O) groups is 1. The van der Waals surface area contributed by atoms with E-state index in [0.717, 1.165) is 18.2 Å². The van der Waals surface area contributed by atoms with Crippen molar-refractivity contribution in [3.63, 3.8) is 0 Å². The van der Waals surface area contributed by atoms with Gasteiger partial charge in [-0.3, -0.25) is 0 Å². The van der Waals surface area contributed by atoms with Gasteiger partial charge in [-0.05, 0) is 36.4 Å². The molecule has 0 amide bonds. The van der Waals surface area contributed by atoms with Crippen molar-refractivity contribution in [2.45, 2.75) is 0 Å². The van der Waals surface area contributed by atoms with E-state index in [9.17, 15) is 13.6 Å². The first-order valence-corrected chi connectivity index (χ1v) is 5.07. The molecule has 92 valence electrons. The lowest BCUT2D eigenvalue weighted by Crippen LogP contribution is -2.02. The zero-order valence-corrected chi connectivity index (χ0v) is 9.15. The van der Waals surface area contributed by atoms with Crippen LogP contribution in [0.5, 0.6) is 0 Å². The Bertz CT molecular complexity index is 626. The smallest absolute Gasteiger partial charge is 0.336 e. The van der Waals surface area contributed by atoms with Crippen LogP contribution in [0.3, 0.4) is 0 Å². The van der Waals surface area contributed by atoms with E-state index in [0.29, 0.717) is 0 Å². The van der Waals surface area contributed by atoms with Crippen LogP contribution < -0.4 is 5.73 Å². The number of nitrogen functional groups attached to an aromatic ring is 1. The van der Waals surface area contributed by atoms with Crippen LogP contribution in [0.2, 0.25) is 0 Å². The lowest BCUT2D eigenvalue weighted by Gasteiger charge is -2.08. The highest BCUT2D eigenvalue weighted by Gasteiger charge is 2.15. The van der Waals surface area contributed by atoms with Gasteiger partial charge in [-0.25, -0.2) is 13.6 Å². The molecule has 0 aliphatic carbocycles. The van der Waals surface area contributed by atoms with Gasteiger partial charge < -0.3 is 10.8 Å². The quantitative estimate of drug-likeness (QED) is 0.804. The van der Waals surface area contributed by atoms with Gasteiger partial charge in [-0.2, -0.15) is 0 Å². The van der Waals surface area contributed by atoms with Gasteiger partial charge in [0.15, 0.2) is 0 Å². The minimum Gasteiger partial charge on any atom is -0.478 e. The standard InChI is InChI=1S/C13H9F2NO2/c14-7-1-4-12(15)11(5-7)10-6-8(16)2-3-9(10)13(17)18/h1-6H,16H2,(H,17,18). The molecule has 0 aliphatic rings. The molecule has 0 aliphatic heterocycles. The van der Waals surface area contributed by atoms with Crippen LogP contribution in [-0.4, -0.2) is 11.1 Å². The largest absolute Gasteiger partial charge is 0.478 e. The fraction of sp³-hybridized carbons (Fsp3) is 0. The van der Waals surface area contributed by atoms with Crippen LogP contribution in [-0.2, 0) is 0 Å². The number of aromatic carboxylic acids is 1. The number of hydrogen-bond donors (Lipinski definition) is 2. The molecule has 2 aromatic carbocycles. The monoisotopic (exact) mass is 249 g/mol. The fourth-order valence-corrected chi connectivity index (χ4v) is 1.68. The molecule has 0 radical (unpaired) electrons. The summed E-state index contributed by atoms with van der Waals surface area (Å²) in [6.07, 6.45) is 0. The fourth-order valence-electron chi connectivity index (χ4n) is 1.68. The van der Waals surface area contributed by atoms with E-state index in [1.807, 2.05) is 0 Å². The van der Waals surface area contributed by atoms with Crippen molar-refractivity contribution in [1.82, 2.24) is 0 Å². The molecule has 3 N–H and O–H groups in total. The Morgan fingerprint density at radius 3 is 2.44 bits per heavy atom. The molecule has 18 heavy (non-hydrogen) atoms. The number of benzene rings is 2. The second kappa shape index (κ2) is 4.44. The van der Waals surface area contributed by atoms with E-state index in [2.05, 4.69) is 0 Å². The van der Waals surface area contributed by atoms with E-state index in [4.69, 9.17) is 10.8 Å². The number of hydrogen-bond acceptors (Lipinski definition) is 2. The molecule has 0 saturated heterocycles. The van der Waals surface area contributed by atoms with Gasteiger partial charge in [0.05, 0.1) is 5.56 Å². The highest BCUT2D eigenvalue weighted by molar-refractivity contribution is 5.97. The van der Waals surface area contributed by atoms with E-state index in [1.54, 1.807) is 0 Å². The number of carboxylic acid groups (broad SMARTS) is 1. The van der Waals surface area contributed by atoms with Gasteiger partial charge >= 0.3 is 5.97 Å². The maximum absolute atomic E-state index is 13.6.